The summed E-state index contributed by atoms with van der Waals surface area (Å²) in [7, 11) is 1.35. The van der Waals surface area contributed by atoms with E-state index in [1.807, 2.05) is 60.7 Å². The highest BCUT2D eigenvalue weighted by molar-refractivity contribution is 5.89. The molecule has 0 atom stereocenters. The second-order valence-electron chi connectivity index (χ2n) is 6.27. The lowest BCUT2D eigenvalue weighted by Gasteiger charge is -2.10. The van der Waals surface area contributed by atoms with Gasteiger partial charge in [0.1, 0.15) is 5.75 Å². The summed E-state index contributed by atoms with van der Waals surface area (Å²) in [6.07, 6.45) is 0. The zero-order chi connectivity index (χ0) is 20.1. The zero-order valence-electron chi connectivity index (χ0n) is 15.8. The molecule has 0 fully saturated rings. The molecule has 5 nitrogen and oxygen atoms in total. The molecule has 29 heavy (non-hydrogen) atoms. The van der Waals surface area contributed by atoms with Gasteiger partial charge in [-0.1, -0.05) is 60.7 Å². The van der Waals surface area contributed by atoms with Gasteiger partial charge in [0.05, 0.1) is 18.4 Å². The summed E-state index contributed by atoms with van der Waals surface area (Å²) in [6.45, 7) is 0. The molecule has 0 radical (unpaired) electrons. The number of ether oxygens (including phenoxy) is 2. The molecule has 5 heteroatoms. The van der Waals surface area contributed by atoms with Gasteiger partial charge < -0.3 is 9.47 Å². The van der Waals surface area contributed by atoms with Crippen LogP contribution in [-0.2, 0) is 4.74 Å². The average Bonchev–Trinajstić information content (AvgIpc) is 2.80. The van der Waals surface area contributed by atoms with Crippen molar-refractivity contribution in [3.8, 4) is 34.3 Å². The number of hydrogen-bond acceptors (Lipinski definition) is 5. The second-order valence-corrected chi connectivity index (χ2v) is 6.27. The number of carbonyl (C=O) groups is 1. The largest absolute Gasteiger partial charge is 0.465 e. The van der Waals surface area contributed by atoms with Crippen LogP contribution >= 0.6 is 0 Å². The molecular formula is C24H18N2O3. The van der Waals surface area contributed by atoms with Crippen LogP contribution in [0.5, 0.6) is 11.6 Å². The van der Waals surface area contributed by atoms with Crippen molar-refractivity contribution in [2.75, 3.05) is 7.11 Å². The lowest BCUT2D eigenvalue weighted by molar-refractivity contribution is 0.0600. The number of nitrogens with zero attached hydrogens (tertiary/aromatic N) is 2. The van der Waals surface area contributed by atoms with Gasteiger partial charge in [-0.3, -0.25) is 0 Å². The molecular weight excluding hydrogens is 364 g/mol. The standard InChI is InChI=1S/C24H18N2O3/c1-28-24(27)19-12-14-20(15-13-19)29-22-16-21(17-8-4-2-5-9-17)25-23(26-22)18-10-6-3-7-11-18/h2-16H,1H3. The number of carbonyl (C=O) groups excluding carboxylic acids is 1. The van der Waals surface area contributed by atoms with Crippen molar-refractivity contribution in [1.29, 1.82) is 0 Å². The van der Waals surface area contributed by atoms with Gasteiger partial charge in [-0.05, 0) is 24.3 Å². The van der Waals surface area contributed by atoms with E-state index in [1.165, 1.54) is 7.11 Å². The van der Waals surface area contributed by atoms with Crippen molar-refractivity contribution in [3.05, 3.63) is 96.6 Å². The van der Waals surface area contributed by atoms with E-state index in [2.05, 4.69) is 4.98 Å². The van der Waals surface area contributed by atoms with Gasteiger partial charge in [0.15, 0.2) is 5.82 Å². The fourth-order valence-electron chi connectivity index (χ4n) is 2.85. The molecule has 0 bridgehead atoms. The molecule has 0 amide bonds. The van der Waals surface area contributed by atoms with E-state index in [-0.39, 0.29) is 0 Å². The van der Waals surface area contributed by atoms with E-state index in [1.54, 1.807) is 30.3 Å². The van der Waals surface area contributed by atoms with Crippen molar-refractivity contribution in [2.45, 2.75) is 0 Å². The smallest absolute Gasteiger partial charge is 0.337 e. The molecule has 0 unspecified atom stereocenters. The van der Waals surface area contributed by atoms with E-state index in [9.17, 15) is 4.79 Å². The Bertz CT molecular complexity index is 1050. The molecule has 4 aromatic rings. The van der Waals surface area contributed by atoms with Crippen LogP contribution in [-0.4, -0.2) is 23.0 Å². The molecule has 0 spiro atoms. The number of methoxy groups -OCH3 is 1. The Morgan fingerprint density at radius 2 is 1.38 bits per heavy atom. The third-order valence-corrected chi connectivity index (χ3v) is 4.30. The van der Waals surface area contributed by atoms with E-state index >= 15 is 0 Å². The van der Waals surface area contributed by atoms with E-state index in [0.717, 1.165) is 16.8 Å². The summed E-state index contributed by atoms with van der Waals surface area (Å²) in [5.41, 5.74) is 3.09. The highest BCUT2D eigenvalue weighted by Gasteiger charge is 2.11. The second kappa shape index (κ2) is 8.35. The van der Waals surface area contributed by atoms with Gasteiger partial charge in [-0.2, -0.15) is 4.98 Å². The first-order chi connectivity index (χ1) is 14.2. The highest BCUT2D eigenvalue weighted by Crippen LogP contribution is 2.28. The Morgan fingerprint density at radius 1 is 0.759 bits per heavy atom. The molecule has 142 valence electrons. The first-order valence-corrected chi connectivity index (χ1v) is 9.09. The topological polar surface area (TPSA) is 61.3 Å². The Labute approximate surface area is 168 Å². The first-order valence-electron chi connectivity index (χ1n) is 9.09. The maximum absolute atomic E-state index is 11.6. The quantitative estimate of drug-likeness (QED) is 0.433. The van der Waals surface area contributed by atoms with Crippen LogP contribution in [0.3, 0.4) is 0 Å². The number of aromatic nitrogens is 2. The fourth-order valence-corrected chi connectivity index (χ4v) is 2.85. The molecule has 0 aliphatic heterocycles. The van der Waals surface area contributed by atoms with Crippen LogP contribution in [0.1, 0.15) is 10.4 Å². The predicted molar refractivity (Wildman–Crippen MR) is 111 cm³/mol. The minimum absolute atomic E-state index is 0.392. The maximum atomic E-state index is 11.6. The summed E-state index contributed by atoms with van der Waals surface area (Å²) in [4.78, 5) is 20.9. The van der Waals surface area contributed by atoms with Crippen LogP contribution in [0.25, 0.3) is 22.6 Å². The number of hydrogen-bond donors (Lipinski definition) is 0. The number of benzene rings is 3. The molecule has 4 rings (SSSR count). The normalized spacial score (nSPS) is 10.4. The van der Waals surface area contributed by atoms with Crippen LogP contribution in [0.2, 0.25) is 0 Å². The summed E-state index contributed by atoms with van der Waals surface area (Å²) in [5, 5.41) is 0. The SMILES string of the molecule is COC(=O)c1ccc(Oc2cc(-c3ccccc3)nc(-c3ccccc3)n2)cc1. The third kappa shape index (κ3) is 4.30. The Morgan fingerprint density at radius 3 is 2.00 bits per heavy atom. The molecule has 3 aromatic carbocycles. The minimum atomic E-state index is -0.392. The lowest BCUT2D eigenvalue weighted by Crippen LogP contribution is -2.00. The summed E-state index contributed by atoms with van der Waals surface area (Å²) < 4.78 is 10.7. The number of rotatable bonds is 5. The van der Waals surface area contributed by atoms with Crippen LogP contribution < -0.4 is 4.74 Å². The van der Waals surface area contributed by atoms with E-state index in [4.69, 9.17) is 14.5 Å². The third-order valence-electron chi connectivity index (χ3n) is 4.30. The first kappa shape index (κ1) is 18.4. The van der Waals surface area contributed by atoms with Crippen molar-refractivity contribution in [2.24, 2.45) is 0 Å². The highest BCUT2D eigenvalue weighted by atomic mass is 16.5. The molecule has 0 N–H and O–H groups in total. The Hall–Kier alpha value is -3.99. The molecule has 0 saturated heterocycles. The number of esters is 1. The van der Waals surface area contributed by atoms with Crippen molar-refractivity contribution in [3.63, 3.8) is 0 Å². The molecule has 0 aliphatic carbocycles. The maximum Gasteiger partial charge on any atom is 0.337 e. The zero-order valence-corrected chi connectivity index (χ0v) is 15.8. The van der Waals surface area contributed by atoms with Gasteiger partial charge in [0.2, 0.25) is 5.88 Å². The van der Waals surface area contributed by atoms with Crippen molar-refractivity contribution < 1.29 is 14.3 Å². The van der Waals surface area contributed by atoms with Gasteiger partial charge in [0.25, 0.3) is 0 Å². The summed E-state index contributed by atoms with van der Waals surface area (Å²) in [5.74, 6) is 1.17. The predicted octanol–water partition coefficient (Wildman–Crippen LogP) is 5.39. The summed E-state index contributed by atoms with van der Waals surface area (Å²) >= 11 is 0. The van der Waals surface area contributed by atoms with Crippen LogP contribution in [0.4, 0.5) is 0 Å². The van der Waals surface area contributed by atoms with Crippen LogP contribution in [0, 0.1) is 0 Å². The fraction of sp³-hybridized carbons (Fsp3) is 0.0417. The van der Waals surface area contributed by atoms with Gasteiger partial charge in [-0.15, -0.1) is 0 Å². The van der Waals surface area contributed by atoms with Gasteiger partial charge in [0, 0.05) is 17.2 Å². The van der Waals surface area contributed by atoms with Gasteiger partial charge in [-0.25, -0.2) is 9.78 Å². The summed E-state index contributed by atoms with van der Waals surface area (Å²) in [6, 6.07) is 28.1. The molecule has 1 aromatic heterocycles. The Kier molecular flexibility index (Phi) is 5.29. The van der Waals surface area contributed by atoms with Crippen molar-refractivity contribution in [1.82, 2.24) is 9.97 Å². The monoisotopic (exact) mass is 382 g/mol. The van der Waals surface area contributed by atoms with E-state index < -0.39 is 5.97 Å². The molecule has 0 aliphatic rings. The molecule has 1 heterocycles. The Balaban J connectivity index is 1.71. The van der Waals surface area contributed by atoms with Crippen LogP contribution in [0.15, 0.2) is 91.0 Å². The van der Waals surface area contributed by atoms with Crippen molar-refractivity contribution >= 4 is 5.97 Å². The molecule has 0 saturated carbocycles. The average molecular weight is 382 g/mol. The van der Waals surface area contributed by atoms with E-state index in [0.29, 0.717) is 23.0 Å². The lowest BCUT2D eigenvalue weighted by atomic mass is 10.1. The minimum Gasteiger partial charge on any atom is -0.465 e. The van der Waals surface area contributed by atoms with Gasteiger partial charge >= 0.3 is 5.97 Å².